The van der Waals surface area contributed by atoms with Gasteiger partial charge in [0.2, 0.25) is 5.91 Å². The van der Waals surface area contributed by atoms with Crippen molar-refractivity contribution in [2.24, 2.45) is 17.8 Å². The highest BCUT2D eigenvalue weighted by molar-refractivity contribution is 5.77. The molecule has 0 aromatic heterocycles. The fourth-order valence-electron chi connectivity index (χ4n) is 1.52. The minimum Gasteiger partial charge on any atom is -0.481 e. The van der Waals surface area contributed by atoms with E-state index in [2.05, 4.69) is 5.32 Å². The number of amides is 1. The van der Waals surface area contributed by atoms with Gasteiger partial charge in [0.05, 0.1) is 5.92 Å². The summed E-state index contributed by atoms with van der Waals surface area (Å²) in [7, 11) is 0. The zero-order valence-corrected chi connectivity index (χ0v) is 10.6. The maximum Gasteiger partial charge on any atom is 0.308 e. The van der Waals surface area contributed by atoms with Crippen molar-refractivity contribution >= 4 is 11.9 Å². The lowest BCUT2D eigenvalue weighted by Crippen LogP contribution is -2.34. The third kappa shape index (κ3) is 7.26. The zero-order valence-electron chi connectivity index (χ0n) is 10.6. The number of carboxylic acid groups (broad SMARTS) is 1. The van der Waals surface area contributed by atoms with Crippen molar-refractivity contribution < 1.29 is 14.7 Å². The molecule has 1 amide bonds. The molecule has 0 aromatic carbocycles. The fraction of sp³-hybridized carbons (Fsp3) is 0.833. The first-order chi connectivity index (χ1) is 7.32. The number of nitrogens with one attached hydrogen (secondary N) is 1. The summed E-state index contributed by atoms with van der Waals surface area (Å²) in [6.07, 6.45) is 1.05. The molecule has 0 radical (unpaired) electrons. The van der Waals surface area contributed by atoms with Gasteiger partial charge in [-0.05, 0) is 18.3 Å². The summed E-state index contributed by atoms with van der Waals surface area (Å²) >= 11 is 0. The highest BCUT2D eigenvalue weighted by atomic mass is 16.4. The number of carbonyl (C=O) groups excluding carboxylic acids is 1. The van der Waals surface area contributed by atoms with Crippen LogP contribution in [0.1, 0.15) is 40.5 Å². The van der Waals surface area contributed by atoms with Crippen molar-refractivity contribution in [1.82, 2.24) is 5.32 Å². The molecular weight excluding hydrogens is 206 g/mol. The second kappa shape index (κ2) is 7.25. The molecule has 0 heterocycles. The molecule has 0 aromatic rings. The second-order valence-corrected chi connectivity index (χ2v) is 5.07. The van der Waals surface area contributed by atoms with Gasteiger partial charge in [-0.25, -0.2) is 0 Å². The van der Waals surface area contributed by atoms with Crippen LogP contribution in [-0.2, 0) is 9.59 Å². The first kappa shape index (κ1) is 14.9. The Morgan fingerprint density at radius 2 is 1.69 bits per heavy atom. The summed E-state index contributed by atoms with van der Waals surface area (Å²) in [5.41, 5.74) is 0. The molecular formula is C12H23NO3. The molecule has 0 aliphatic heterocycles. The van der Waals surface area contributed by atoms with Crippen molar-refractivity contribution in [3.63, 3.8) is 0 Å². The molecule has 0 saturated heterocycles. The average Bonchev–Trinajstić information content (AvgIpc) is 2.09. The first-order valence-electron chi connectivity index (χ1n) is 5.82. The van der Waals surface area contributed by atoms with Crippen LogP contribution in [0, 0.1) is 17.8 Å². The highest BCUT2D eigenvalue weighted by Gasteiger charge is 2.19. The van der Waals surface area contributed by atoms with E-state index in [-0.39, 0.29) is 12.5 Å². The Balaban J connectivity index is 4.02. The normalized spacial score (nSPS) is 12.9. The largest absolute Gasteiger partial charge is 0.481 e. The highest BCUT2D eigenvalue weighted by Crippen LogP contribution is 2.11. The molecule has 1 unspecified atom stereocenters. The van der Waals surface area contributed by atoms with E-state index in [4.69, 9.17) is 5.11 Å². The Bertz CT molecular complexity index is 236. The lowest BCUT2D eigenvalue weighted by Gasteiger charge is -2.15. The van der Waals surface area contributed by atoms with Gasteiger partial charge in [-0.1, -0.05) is 27.7 Å². The topological polar surface area (TPSA) is 66.4 Å². The predicted octanol–water partition coefficient (Wildman–Crippen LogP) is 1.90. The van der Waals surface area contributed by atoms with E-state index < -0.39 is 11.9 Å². The Morgan fingerprint density at radius 3 is 2.06 bits per heavy atom. The third-order valence-corrected chi connectivity index (χ3v) is 2.24. The molecule has 4 nitrogen and oxygen atoms in total. The lowest BCUT2D eigenvalue weighted by molar-refractivity contribution is -0.142. The Morgan fingerprint density at radius 1 is 1.12 bits per heavy atom. The van der Waals surface area contributed by atoms with Gasteiger partial charge in [0, 0.05) is 13.0 Å². The van der Waals surface area contributed by atoms with E-state index in [1.807, 2.05) is 27.7 Å². The third-order valence-electron chi connectivity index (χ3n) is 2.24. The van der Waals surface area contributed by atoms with Crippen LogP contribution in [0.15, 0.2) is 0 Å². The quantitative estimate of drug-likeness (QED) is 0.700. The van der Waals surface area contributed by atoms with Crippen LogP contribution in [0.4, 0.5) is 0 Å². The van der Waals surface area contributed by atoms with Gasteiger partial charge in [0.1, 0.15) is 0 Å². The number of carboxylic acids is 1. The number of aliphatic carboxylic acids is 1. The van der Waals surface area contributed by atoms with Crippen molar-refractivity contribution in [1.29, 1.82) is 0 Å². The zero-order chi connectivity index (χ0) is 12.7. The molecule has 16 heavy (non-hydrogen) atoms. The van der Waals surface area contributed by atoms with E-state index in [0.717, 1.165) is 0 Å². The fourth-order valence-corrected chi connectivity index (χ4v) is 1.52. The standard InChI is InChI=1S/C12H23NO3/c1-8(2)5-10(12(15)16)7-13-11(14)6-9(3)4/h8-10H,5-7H2,1-4H3,(H,13,14)(H,15,16). The molecule has 0 aliphatic carbocycles. The average molecular weight is 229 g/mol. The van der Waals surface area contributed by atoms with Gasteiger partial charge < -0.3 is 10.4 Å². The van der Waals surface area contributed by atoms with Crippen molar-refractivity contribution in [2.45, 2.75) is 40.5 Å². The maximum absolute atomic E-state index is 11.4. The van der Waals surface area contributed by atoms with Crippen LogP contribution in [-0.4, -0.2) is 23.5 Å². The van der Waals surface area contributed by atoms with Crippen LogP contribution in [0.3, 0.4) is 0 Å². The van der Waals surface area contributed by atoms with E-state index in [0.29, 0.717) is 24.7 Å². The summed E-state index contributed by atoms with van der Waals surface area (Å²) in [6.45, 7) is 8.11. The van der Waals surface area contributed by atoms with E-state index in [9.17, 15) is 9.59 Å². The smallest absolute Gasteiger partial charge is 0.308 e. The van der Waals surface area contributed by atoms with Crippen LogP contribution < -0.4 is 5.32 Å². The summed E-state index contributed by atoms with van der Waals surface area (Å²) in [5, 5.41) is 11.6. The van der Waals surface area contributed by atoms with Gasteiger partial charge in [-0.3, -0.25) is 9.59 Å². The van der Waals surface area contributed by atoms with Crippen LogP contribution >= 0.6 is 0 Å². The Hall–Kier alpha value is -1.06. The van der Waals surface area contributed by atoms with Crippen molar-refractivity contribution in [2.75, 3.05) is 6.54 Å². The van der Waals surface area contributed by atoms with E-state index in [1.165, 1.54) is 0 Å². The van der Waals surface area contributed by atoms with Gasteiger partial charge in [-0.15, -0.1) is 0 Å². The predicted molar refractivity (Wildman–Crippen MR) is 63.0 cm³/mol. The van der Waals surface area contributed by atoms with Gasteiger partial charge in [0.15, 0.2) is 0 Å². The first-order valence-corrected chi connectivity index (χ1v) is 5.82. The molecule has 94 valence electrons. The number of carbonyl (C=O) groups is 2. The molecule has 0 rings (SSSR count). The molecule has 2 N–H and O–H groups in total. The number of hydrogen-bond acceptors (Lipinski definition) is 2. The molecule has 4 heteroatoms. The molecule has 0 saturated carbocycles. The minimum atomic E-state index is -0.835. The van der Waals surface area contributed by atoms with Gasteiger partial charge in [-0.2, -0.15) is 0 Å². The van der Waals surface area contributed by atoms with Gasteiger partial charge >= 0.3 is 5.97 Å². The van der Waals surface area contributed by atoms with E-state index >= 15 is 0 Å². The summed E-state index contributed by atoms with van der Waals surface area (Å²) in [6, 6.07) is 0. The van der Waals surface area contributed by atoms with Crippen molar-refractivity contribution in [3.05, 3.63) is 0 Å². The maximum atomic E-state index is 11.4. The van der Waals surface area contributed by atoms with Crippen LogP contribution in [0.5, 0.6) is 0 Å². The van der Waals surface area contributed by atoms with Crippen LogP contribution in [0.25, 0.3) is 0 Å². The molecule has 0 spiro atoms. The molecule has 0 aliphatic rings. The van der Waals surface area contributed by atoms with Crippen LogP contribution in [0.2, 0.25) is 0 Å². The molecule has 0 fully saturated rings. The lowest BCUT2D eigenvalue weighted by atomic mass is 9.97. The number of hydrogen-bond donors (Lipinski definition) is 2. The minimum absolute atomic E-state index is 0.0648. The summed E-state index contributed by atoms with van der Waals surface area (Å²) < 4.78 is 0. The summed E-state index contributed by atoms with van der Waals surface area (Å²) in [5.74, 6) is -0.754. The molecule has 1 atom stereocenters. The SMILES string of the molecule is CC(C)CC(=O)NCC(CC(C)C)C(=O)O. The second-order valence-electron chi connectivity index (χ2n) is 5.07. The van der Waals surface area contributed by atoms with E-state index in [1.54, 1.807) is 0 Å². The van der Waals surface area contributed by atoms with Gasteiger partial charge in [0.25, 0.3) is 0 Å². The van der Waals surface area contributed by atoms with Crippen molar-refractivity contribution in [3.8, 4) is 0 Å². The molecule has 0 bridgehead atoms. The Kier molecular flexibility index (Phi) is 6.77. The number of rotatable bonds is 7. The monoisotopic (exact) mass is 229 g/mol. The Labute approximate surface area is 97.4 Å². The summed E-state index contributed by atoms with van der Waals surface area (Å²) in [4.78, 5) is 22.3.